The van der Waals surface area contributed by atoms with E-state index in [1.165, 1.54) is 16.0 Å². The molecular weight excluding hydrogens is 343 g/mol. The molecule has 0 bridgehead atoms. The fourth-order valence-electron chi connectivity index (χ4n) is 1.73. The van der Waals surface area contributed by atoms with Crippen LogP contribution in [0, 0.1) is 11.3 Å². The van der Waals surface area contributed by atoms with Gasteiger partial charge in [0.2, 0.25) is 0 Å². The molecule has 2 aromatic rings. The Morgan fingerprint density at radius 3 is 2.45 bits per heavy atom. The molecule has 0 unspecified atom stereocenters. The zero-order chi connectivity index (χ0) is 16.7. The molecule has 0 aromatic carbocycles. The van der Waals surface area contributed by atoms with Gasteiger partial charge >= 0.3 is 0 Å². The molecule has 2 aromatic heterocycles. The molecule has 0 fully saturated rings. The Morgan fingerprint density at radius 2 is 2.05 bits per heavy atom. The fraction of sp³-hybridized carbons (Fsp3) is 0.357. The Morgan fingerprint density at radius 1 is 1.41 bits per heavy atom. The van der Waals surface area contributed by atoms with Crippen LogP contribution in [0.1, 0.15) is 37.0 Å². The first kappa shape index (κ1) is 16.8. The van der Waals surface area contributed by atoms with E-state index in [4.69, 9.17) is 23.2 Å². The Labute approximate surface area is 142 Å². The molecular formula is C14H14Cl2N4OS. The summed E-state index contributed by atoms with van der Waals surface area (Å²) in [4.78, 5) is 4.43. The number of aryl methyl sites for hydroxylation is 1. The first-order valence-electron chi connectivity index (χ1n) is 6.35. The van der Waals surface area contributed by atoms with Crippen LogP contribution < -0.4 is 0 Å². The second kappa shape index (κ2) is 5.92. The maximum absolute atomic E-state index is 10.4. The number of hydrogen-bond acceptors (Lipinski definition) is 5. The SMILES string of the molecule is Cn1nc(Cl)c(C(O)=C(C#N)c2nc(C(C)(C)C)cs2)c1Cl. The van der Waals surface area contributed by atoms with Crippen molar-refractivity contribution in [2.75, 3.05) is 0 Å². The molecule has 0 atom stereocenters. The monoisotopic (exact) mass is 356 g/mol. The van der Waals surface area contributed by atoms with Gasteiger partial charge in [-0.25, -0.2) is 4.98 Å². The molecule has 0 aliphatic heterocycles. The molecule has 0 amide bonds. The zero-order valence-electron chi connectivity index (χ0n) is 12.5. The summed E-state index contributed by atoms with van der Waals surface area (Å²) in [5, 5.41) is 26.2. The van der Waals surface area contributed by atoms with E-state index in [1.807, 2.05) is 32.2 Å². The quantitative estimate of drug-likeness (QED) is 0.637. The van der Waals surface area contributed by atoms with Crippen molar-refractivity contribution < 1.29 is 5.11 Å². The smallest absolute Gasteiger partial charge is 0.163 e. The van der Waals surface area contributed by atoms with Crippen molar-refractivity contribution >= 4 is 45.9 Å². The van der Waals surface area contributed by atoms with Crippen LogP contribution in [-0.2, 0) is 12.5 Å². The number of thiazole rings is 1. The van der Waals surface area contributed by atoms with Gasteiger partial charge in [0, 0.05) is 17.8 Å². The van der Waals surface area contributed by atoms with Crippen molar-refractivity contribution in [2.24, 2.45) is 7.05 Å². The van der Waals surface area contributed by atoms with Gasteiger partial charge in [0.25, 0.3) is 0 Å². The minimum atomic E-state index is -0.319. The van der Waals surface area contributed by atoms with E-state index in [0.717, 1.165) is 5.69 Å². The topological polar surface area (TPSA) is 74.7 Å². The number of allylic oxidation sites excluding steroid dienone is 1. The number of aliphatic hydroxyl groups is 1. The van der Waals surface area contributed by atoms with E-state index in [9.17, 15) is 10.4 Å². The summed E-state index contributed by atoms with van der Waals surface area (Å²) >= 11 is 13.3. The third-order valence-electron chi connectivity index (χ3n) is 3.01. The lowest BCUT2D eigenvalue weighted by Crippen LogP contribution is -2.11. The average molecular weight is 357 g/mol. The van der Waals surface area contributed by atoms with E-state index in [0.29, 0.717) is 5.01 Å². The van der Waals surface area contributed by atoms with Crippen LogP contribution in [0.2, 0.25) is 10.3 Å². The van der Waals surface area contributed by atoms with Crippen molar-refractivity contribution in [2.45, 2.75) is 26.2 Å². The second-order valence-electron chi connectivity index (χ2n) is 5.70. The van der Waals surface area contributed by atoms with E-state index in [1.54, 1.807) is 7.05 Å². The van der Waals surface area contributed by atoms with Crippen LogP contribution in [0.25, 0.3) is 11.3 Å². The molecule has 22 heavy (non-hydrogen) atoms. The molecule has 2 heterocycles. The molecule has 0 radical (unpaired) electrons. The third kappa shape index (κ3) is 2.98. The molecule has 0 spiro atoms. The van der Waals surface area contributed by atoms with Crippen LogP contribution in [0.3, 0.4) is 0 Å². The summed E-state index contributed by atoms with van der Waals surface area (Å²) in [7, 11) is 1.60. The summed E-state index contributed by atoms with van der Waals surface area (Å²) in [6, 6.07) is 1.97. The lowest BCUT2D eigenvalue weighted by molar-refractivity contribution is 0.514. The van der Waals surface area contributed by atoms with Crippen molar-refractivity contribution in [3.63, 3.8) is 0 Å². The third-order valence-corrected chi connectivity index (χ3v) is 4.56. The molecule has 116 valence electrons. The van der Waals surface area contributed by atoms with E-state index in [2.05, 4.69) is 10.1 Å². The molecule has 8 heteroatoms. The van der Waals surface area contributed by atoms with Crippen LogP contribution in [0.15, 0.2) is 5.38 Å². The van der Waals surface area contributed by atoms with E-state index >= 15 is 0 Å². The van der Waals surface area contributed by atoms with Gasteiger partial charge in [-0.3, -0.25) is 4.68 Å². The van der Waals surface area contributed by atoms with Crippen molar-refractivity contribution in [3.05, 3.63) is 32.0 Å². The minimum absolute atomic E-state index is 0.0253. The lowest BCUT2D eigenvalue weighted by Gasteiger charge is -2.14. The first-order valence-corrected chi connectivity index (χ1v) is 7.98. The van der Waals surface area contributed by atoms with Gasteiger partial charge in [-0.2, -0.15) is 10.4 Å². The Kier molecular flexibility index (Phi) is 4.52. The number of hydrogen-bond donors (Lipinski definition) is 1. The fourth-order valence-corrected chi connectivity index (χ4v) is 3.33. The number of nitrogens with zero attached hydrogens (tertiary/aromatic N) is 4. The minimum Gasteiger partial charge on any atom is -0.506 e. The first-order chi connectivity index (χ1) is 10.2. The number of aliphatic hydroxyl groups excluding tert-OH is 1. The zero-order valence-corrected chi connectivity index (χ0v) is 14.8. The predicted octanol–water partition coefficient (Wildman–Crippen LogP) is 4.43. The molecule has 0 saturated carbocycles. The Balaban J connectivity index is 2.60. The summed E-state index contributed by atoms with van der Waals surface area (Å²) in [5.74, 6) is -0.319. The summed E-state index contributed by atoms with van der Waals surface area (Å²) < 4.78 is 1.33. The molecule has 5 nitrogen and oxygen atoms in total. The molecule has 0 aliphatic carbocycles. The molecule has 0 saturated heterocycles. The highest BCUT2D eigenvalue weighted by Gasteiger charge is 2.24. The van der Waals surface area contributed by atoms with Crippen LogP contribution >= 0.6 is 34.5 Å². The van der Waals surface area contributed by atoms with Gasteiger partial charge in [0.15, 0.2) is 5.15 Å². The van der Waals surface area contributed by atoms with Gasteiger partial charge in [0.05, 0.1) is 11.3 Å². The van der Waals surface area contributed by atoms with Gasteiger partial charge in [-0.05, 0) is 0 Å². The van der Waals surface area contributed by atoms with Crippen LogP contribution in [0.4, 0.5) is 0 Å². The van der Waals surface area contributed by atoms with E-state index < -0.39 is 0 Å². The number of halogens is 2. The number of rotatable bonds is 2. The normalized spacial score (nSPS) is 13.0. The Hall–Kier alpha value is -1.55. The maximum Gasteiger partial charge on any atom is 0.163 e. The summed E-state index contributed by atoms with van der Waals surface area (Å²) in [6.45, 7) is 6.07. The Bertz CT molecular complexity index is 793. The van der Waals surface area contributed by atoms with Crippen molar-refractivity contribution in [1.82, 2.24) is 14.8 Å². The van der Waals surface area contributed by atoms with E-state index in [-0.39, 0.29) is 32.6 Å². The van der Waals surface area contributed by atoms with Crippen molar-refractivity contribution in [3.8, 4) is 6.07 Å². The lowest BCUT2D eigenvalue weighted by atomic mass is 9.93. The highest BCUT2D eigenvalue weighted by molar-refractivity contribution is 7.11. The van der Waals surface area contributed by atoms with Crippen LogP contribution in [0.5, 0.6) is 0 Å². The highest BCUT2D eigenvalue weighted by Crippen LogP contribution is 2.35. The summed E-state index contributed by atoms with van der Waals surface area (Å²) in [6.07, 6.45) is 0. The van der Waals surface area contributed by atoms with Crippen LogP contribution in [-0.4, -0.2) is 19.9 Å². The maximum atomic E-state index is 10.4. The molecule has 1 N–H and O–H groups in total. The molecule has 0 aliphatic rings. The number of nitriles is 1. The average Bonchev–Trinajstić information content (AvgIpc) is 2.97. The van der Waals surface area contributed by atoms with Gasteiger partial charge in [-0.1, -0.05) is 44.0 Å². The number of aromatic nitrogens is 3. The standard InChI is InChI=1S/C14H14Cl2N4OS/c1-14(2,3)8-6-22-13(18-8)7(5-17)10(21)9-11(15)19-20(4)12(9)16/h6,21H,1-4H3. The predicted molar refractivity (Wildman–Crippen MR) is 89.1 cm³/mol. The van der Waals surface area contributed by atoms with Gasteiger partial charge in [0.1, 0.15) is 27.6 Å². The van der Waals surface area contributed by atoms with Gasteiger partial charge < -0.3 is 5.11 Å². The highest BCUT2D eigenvalue weighted by atomic mass is 35.5. The molecule has 2 rings (SSSR count). The second-order valence-corrected chi connectivity index (χ2v) is 7.28. The summed E-state index contributed by atoms with van der Waals surface area (Å²) in [5.41, 5.74) is 0.859. The largest absolute Gasteiger partial charge is 0.506 e. The van der Waals surface area contributed by atoms with Gasteiger partial charge in [-0.15, -0.1) is 11.3 Å². The van der Waals surface area contributed by atoms with Crippen molar-refractivity contribution in [1.29, 1.82) is 5.26 Å².